The van der Waals surface area contributed by atoms with Crippen molar-refractivity contribution in [1.29, 1.82) is 0 Å². The predicted molar refractivity (Wildman–Crippen MR) is 136 cm³/mol. The van der Waals surface area contributed by atoms with Crippen molar-refractivity contribution in [3.8, 4) is 0 Å². The predicted octanol–water partition coefficient (Wildman–Crippen LogP) is 3.42. The van der Waals surface area contributed by atoms with E-state index in [2.05, 4.69) is 84.8 Å². The van der Waals surface area contributed by atoms with Crippen LogP contribution in [0.4, 0.5) is 0 Å². The summed E-state index contributed by atoms with van der Waals surface area (Å²) in [6, 6.07) is 19.1. The van der Waals surface area contributed by atoms with Gasteiger partial charge in [-0.05, 0) is 43.0 Å². The Bertz CT molecular complexity index is 925. The molecule has 3 rings (SSSR count). The van der Waals surface area contributed by atoms with E-state index in [1.165, 1.54) is 16.7 Å². The van der Waals surface area contributed by atoms with E-state index in [1.54, 1.807) is 0 Å². The van der Waals surface area contributed by atoms with Gasteiger partial charge >= 0.3 is 0 Å². The molecule has 178 valence electrons. The molecule has 0 aromatic heterocycles. The minimum Gasteiger partial charge on any atom is -0.369 e. The van der Waals surface area contributed by atoms with E-state index in [4.69, 9.17) is 10.7 Å². The number of carbonyl (C=O) groups excluding carboxylic acids is 1. The monoisotopic (exact) mass is 449 g/mol. The van der Waals surface area contributed by atoms with E-state index in [0.717, 1.165) is 51.5 Å². The van der Waals surface area contributed by atoms with E-state index in [1.807, 2.05) is 6.07 Å². The summed E-state index contributed by atoms with van der Waals surface area (Å²) in [6.07, 6.45) is 1.93. The molecule has 6 nitrogen and oxygen atoms in total. The highest BCUT2D eigenvalue weighted by Gasteiger charge is 2.24. The van der Waals surface area contributed by atoms with Crippen molar-refractivity contribution in [3.63, 3.8) is 0 Å². The average Bonchev–Trinajstić information content (AvgIpc) is 2.82. The molecule has 1 saturated heterocycles. The molecule has 2 aromatic carbocycles. The third kappa shape index (κ3) is 7.60. The largest absolute Gasteiger partial charge is 0.369 e. The number of piperidine rings is 1. The maximum atomic E-state index is 11.6. The van der Waals surface area contributed by atoms with E-state index in [9.17, 15) is 4.79 Å². The van der Waals surface area contributed by atoms with Crippen LogP contribution in [0, 0.1) is 5.92 Å². The van der Waals surface area contributed by atoms with Gasteiger partial charge in [0.1, 0.15) is 0 Å². The number of carbonyl (C=O) groups is 1. The summed E-state index contributed by atoms with van der Waals surface area (Å²) in [5.74, 6) is 0.620. The number of hydrogen-bond acceptors (Lipinski definition) is 3. The van der Waals surface area contributed by atoms with Crippen molar-refractivity contribution < 1.29 is 4.79 Å². The maximum Gasteiger partial charge on any atom is 0.221 e. The van der Waals surface area contributed by atoms with E-state index >= 15 is 0 Å². The molecule has 1 heterocycles. The third-order valence-corrected chi connectivity index (χ3v) is 6.32. The highest BCUT2D eigenvalue weighted by atomic mass is 16.1. The van der Waals surface area contributed by atoms with Gasteiger partial charge in [-0.3, -0.25) is 9.69 Å². The maximum absolute atomic E-state index is 11.6. The summed E-state index contributed by atoms with van der Waals surface area (Å²) in [7, 11) is 0. The lowest BCUT2D eigenvalue weighted by Crippen LogP contribution is -2.43. The third-order valence-electron chi connectivity index (χ3n) is 6.32. The van der Waals surface area contributed by atoms with Crippen LogP contribution in [0.5, 0.6) is 0 Å². The first-order valence-corrected chi connectivity index (χ1v) is 12.0. The number of nitrogens with one attached hydrogen (secondary N) is 2. The second kappa shape index (κ2) is 11.8. The Labute approximate surface area is 198 Å². The van der Waals surface area contributed by atoms with E-state index in [0.29, 0.717) is 6.54 Å². The number of likely N-dealkylation sites (tertiary alicyclic amines) is 1. The van der Waals surface area contributed by atoms with Crippen molar-refractivity contribution in [2.75, 3.05) is 26.2 Å². The van der Waals surface area contributed by atoms with Gasteiger partial charge in [0, 0.05) is 31.6 Å². The lowest BCUT2D eigenvalue weighted by Gasteiger charge is -2.31. The molecule has 6 heteroatoms. The molecule has 4 N–H and O–H groups in total. The lowest BCUT2D eigenvalue weighted by molar-refractivity contribution is -0.123. The van der Waals surface area contributed by atoms with Crippen LogP contribution in [-0.2, 0) is 23.3 Å². The van der Waals surface area contributed by atoms with E-state index in [-0.39, 0.29) is 17.2 Å². The Morgan fingerprint density at radius 1 is 1.12 bits per heavy atom. The van der Waals surface area contributed by atoms with Gasteiger partial charge in [-0.1, -0.05) is 68.4 Å². The van der Waals surface area contributed by atoms with Gasteiger partial charge in [-0.2, -0.15) is 0 Å². The van der Waals surface area contributed by atoms with Crippen LogP contribution in [-0.4, -0.2) is 42.9 Å². The van der Waals surface area contributed by atoms with Crippen LogP contribution in [0.3, 0.4) is 0 Å². The fraction of sp³-hybridized carbons (Fsp3) is 0.481. The van der Waals surface area contributed by atoms with Crippen LogP contribution in [0.1, 0.15) is 50.3 Å². The quantitative estimate of drug-likeness (QED) is 0.405. The number of primary amides is 1. The van der Waals surface area contributed by atoms with Gasteiger partial charge in [-0.25, -0.2) is 4.99 Å². The summed E-state index contributed by atoms with van der Waals surface area (Å²) >= 11 is 0. The Hall–Kier alpha value is -2.86. The van der Waals surface area contributed by atoms with Gasteiger partial charge in [0.2, 0.25) is 5.91 Å². The number of hydrogen-bond donors (Lipinski definition) is 3. The lowest BCUT2D eigenvalue weighted by atomic mass is 9.85. The molecule has 0 radical (unpaired) electrons. The number of nitrogens with zero attached hydrogens (tertiary/aromatic N) is 2. The van der Waals surface area contributed by atoms with Gasteiger partial charge < -0.3 is 16.4 Å². The van der Waals surface area contributed by atoms with E-state index < -0.39 is 0 Å². The minimum atomic E-state index is -0.179. The summed E-state index contributed by atoms with van der Waals surface area (Å²) in [5, 5.41) is 6.87. The molecule has 2 aromatic rings. The SMILES string of the molecule is CCNC(=NCc1cccc(CN2CCCC(C(N)=O)C2)c1)NCC(C)(C)c1ccccc1. The minimum absolute atomic E-state index is 0.00538. The van der Waals surface area contributed by atoms with Crippen molar-refractivity contribution in [1.82, 2.24) is 15.5 Å². The molecular weight excluding hydrogens is 410 g/mol. The fourth-order valence-corrected chi connectivity index (χ4v) is 4.32. The molecule has 1 aliphatic heterocycles. The second-order valence-electron chi connectivity index (χ2n) is 9.60. The summed E-state index contributed by atoms with van der Waals surface area (Å²) in [6.45, 7) is 11.4. The van der Waals surface area contributed by atoms with Gasteiger partial charge in [-0.15, -0.1) is 0 Å². The van der Waals surface area contributed by atoms with Gasteiger partial charge in [0.25, 0.3) is 0 Å². The Balaban J connectivity index is 1.60. The zero-order chi connectivity index (χ0) is 23.7. The molecule has 1 aliphatic rings. The molecule has 0 saturated carbocycles. The van der Waals surface area contributed by atoms with Crippen LogP contribution in [0.25, 0.3) is 0 Å². The van der Waals surface area contributed by atoms with Gasteiger partial charge in [0.15, 0.2) is 5.96 Å². The number of rotatable bonds is 9. The molecule has 33 heavy (non-hydrogen) atoms. The highest BCUT2D eigenvalue weighted by Crippen LogP contribution is 2.22. The standard InChI is InChI=1S/C27H39N5O/c1-4-29-26(31-20-27(2,3)24-13-6-5-7-14-24)30-17-21-10-8-11-22(16-21)18-32-15-9-12-23(19-32)25(28)33/h5-8,10-11,13-14,16,23H,4,9,12,15,17-20H2,1-3H3,(H2,28,33)(H2,29,30,31). The number of guanidine groups is 1. The van der Waals surface area contributed by atoms with Gasteiger partial charge in [0.05, 0.1) is 12.5 Å². The Kier molecular flexibility index (Phi) is 8.89. The molecule has 0 aliphatic carbocycles. The van der Waals surface area contributed by atoms with Crippen molar-refractivity contribution >= 4 is 11.9 Å². The van der Waals surface area contributed by atoms with Crippen molar-refractivity contribution in [3.05, 3.63) is 71.3 Å². The summed E-state index contributed by atoms with van der Waals surface area (Å²) in [5.41, 5.74) is 9.25. The average molecular weight is 450 g/mol. The molecule has 1 amide bonds. The topological polar surface area (TPSA) is 82.8 Å². The first-order valence-electron chi connectivity index (χ1n) is 12.0. The smallest absolute Gasteiger partial charge is 0.221 e. The molecule has 1 unspecified atom stereocenters. The molecule has 0 bridgehead atoms. The first-order chi connectivity index (χ1) is 15.9. The summed E-state index contributed by atoms with van der Waals surface area (Å²) < 4.78 is 0. The molecule has 1 fully saturated rings. The number of amides is 1. The van der Waals surface area contributed by atoms with Crippen LogP contribution >= 0.6 is 0 Å². The number of nitrogens with two attached hydrogens (primary N) is 1. The molecular formula is C27H39N5O. The molecule has 1 atom stereocenters. The molecule has 0 spiro atoms. The Morgan fingerprint density at radius 2 is 1.88 bits per heavy atom. The summed E-state index contributed by atoms with van der Waals surface area (Å²) in [4.78, 5) is 18.7. The van der Waals surface area contributed by atoms with Crippen molar-refractivity contribution in [2.45, 2.75) is 52.1 Å². The van der Waals surface area contributed by atoms with Crippen LogP contribution < -0.4 is 16.4 Å². The van der Waals surface area contributed by atoms with Crippen LogP contribution in [0.2, 0.25) is 0 Å². The first kappa shape index (κ1) is 24.8. The zero-order valence-corrected chi connectivity index (χ0v) is 20.3. The van der Waals surface area contributed by atoms with Crippen LogP contribution in [0.15, 0.2) is 59.6 Å². The fourth-order valence-electron chi connectivity index (χ4n) is 4.32. The number of aliphatic imine (C=N–C) groups is 1. The Morgan fingerprint density at radius 3 is 2.61 bits per heavy atom. The number of benzene rings is 2. The van der Waals surface area contributed by atoms with Crippen molar-refractivity contribution in [2.24, 2.45) is 16.6 Å². The highest BCUT2D eigenvalue weighted by molar-refractivity contribution is 5.79. The zero-order valence-electron chi connectivity index (χ0n) is 20.3. The normalized spacial score (nSPS) is 17.5. The second-order valence-corrected chi connectivity index (χ2v) is 9.60.